The van der Waals surface area contributed by atoms with Crippen LogP contribution in [0.15, 0.2) is 0 Å². The number of rotatable bonds is 0. The molecule has 4 heavy (non-hydrogen) atoms. The van der Waals surface area contributed by atoms with Crippen LogP contribution in [-0.2, 0) is 21.1 Å². The van der Waals surface area contributed by atoms with Crippen molar-refractivity contribution >= 4 is 38.7 Å². The van der Waals surface area contributed by atoms with Crippen molar-refractivity contribution in [2.75, 3.05) is 0 Å². The van der Waals surface area contributed by atoms with E-state index in [1.54, 1.807) is 9.12 Å². The zero-order chi connectivity index (χ0) is 2.00. The van der Waals surface area contributed by atoms with Gasteiger partial charge in [-0.25, -0.2) is 0 Å². The van der Waals surface area contributed by atoms with Gasteiger partial charge < -0.3 is 0 Å². The van der Waals surface area contributed by atoms with E-state index in [1.807, 2.05) is 0 Å². The molecule has 0 aromatic heterocycles. The molecular formula is H2NaNiOP. The fraction of sp³-hybridized carbons (Fsp3) is 0. The van der Waals surface area contributed by atoms with Crippen molar-refractivity contribution < 1.29 is 21.1 Å². The van der Waals surface area contributed by atoms with E-state index in [1.165, 1.54) is 0 Å². The minimum atomic E-state index is 0. The van der Waals surface area contributed by atoms with Gasteiger partial charge in [0.2, 0.25) is 0 Å². The summed E-state index contributed by atoms with van der Waals surface area (Å²) < 4.78 is 8.06. The third-order valence-corrected chi connectivity index (χ3v) is 0. The van der Waals surface area contributed by atoms with Gasteiger partial charge >= 0.3 is 29.6 Å². The van der Waals surface area contributed by atoms with Crippen LogP contribution >= 0.6 is 9.12 Å². The van der Waals surface area contributed by atoms with Crippen molar-refractivity contribution in [3.63, 3.8) is 0 Å². The monoisotopic (exact) mass is 130 g/mol. The summed E-state index contributed by atoms with van der Waals surface area (Å²) in [6.07, 6.45) is 0. The predicted molar refractivity (Wildman–Crippen MR) is 16.2 cm³/mol. The first-order chi connectivity index (χ1) is 1.00. The van der Waals surface area contributed by atoms with Crippen LogP contribution in [0.3, 0.4) is 0 Å². The normalized spacial score (nSPS) is 1.00. The summed E-state index contributed by atoms with van der Waals surface area (Å²) >= 11 is 0. The van der Waals surface area contributed by atoms with Crippen LogP contribution in [0.2, 0.25) is 0 Å². The molecule has 0 rings (SSSR count). The minimum absolute atomic E-state index is 0. The average molecular weight is 131 g/mol. The van der Waals surface area contributed by atoms with Gasteiger partial charge in [0.25, 0.3) is 0 Å². The Hall–Kier alpha value is 1.59. The molecule has 24 valence electrons. The molecule has 0 bridgehead atoms. The second-order valence-corrected chi connectivity index (χ2v) is 0. The molecule has 0 aromatic carbocycles. The van der Waals surface area contributed by atoms with Crippen LogP contribution in [0.1, 0.15) is 0 Å². The smallest absolute Gasteiger partial charge is 0 e. The summed E-state index contributed by atoms with van der Waals surface area (Å²) in [4.78, 5) is 0. The van der Waals surface area contributed by atoms with E-state index in [9.17, 15) is 0 Å². The maximum atomic E-state index is 8.06. The van der Waals surface area contributed by atoms with Crippen LogP contribution in [0, 0.1) is 0 Å². The molecular weight excluding hydrogens is 129 g/mol. The summed E-state index contributed by atoms with van der Waals surface area (Å²) in [7, 11) is 1.72. The van der Waals surface area contributed by atoms with Crippen LogP contribution < -0.4 is 0 Å². The van der Waals surface area contributed by atoms with E-state index in [4.69, 9.17) is 4.57 Å². The fourth-order valence-electron chi connectivity index (χ4n) is 0. The molecule has 0 aliphatic rings. The zero-order valence-electron chi connectivity index (χ0n) is 1.22. The van der Waals surface area contributed by atoms with Gasteiger partial charge in [-0.2, -0.15) is 0 Å². The Kier molecular flexibility index (Phi) is 102. The molecule has 0 heterocycles. The average Bonchev–Trinajstić information content (AvgIpc) is 1.00. The molecule has 0 fully saturated rings. The Morgan fingerprint density at radius 3 is 1.25 bits per heavy atom. The van der Waals surface area contributed by atoms with Crippen LogP contribution in [0.4, 0.5) is 0 Å². The first-order valence-electron chi connectivity index (χ1n) is 0.204. The van der Waals surface area contributed by atoms with Crippen LogP contribution in [-0.4, -0.2) is 29.6 Å². The van der Waals surface area contributed by atoms with Crippen molar-refractivity contribution in [3.05, 3.63) is 0 Å². The first kappa shape index (κ1) is 17.5. The third kappa shape index (κ3) is 9.52. The summed E-state index contributed by atoms with van der Waals surface area (Å²) in [6, 6.07) is 0. The Balaban J connectivity index is -0.00000000500. The molecule has 1 nitrogen and oxygen atoms in total. The van der Waals surface area contributed by atoms with Gasteiger partial charge in [-0.1, -0.05) is 0 Å². The van der Waals surface area contributed by atoms with E-state index in [0.717, 1.165) is 0 Å². The van der Waals surface area contributed by atoms with Gasteiger partial charge in [0, 0.05) is 16.5 Å². The van der Waals surface area contributed by atoms with Gasteiger partial charge in [0.1, 0.15) is 9.12 Å². The second-order valence-electron chi connectivity index (χ2n) is 0. The molecule has 0 aliphatic heterocycles. The number of hydrogen-bond acceptors (Lipinski definition) is 1. The zero-order valence-corrected chi connectivity index (χ0v) is 3.21. The topological polar surface area (TPSA) is 17.1 Å². The molecule has 0 spiro atoms. The quantitative estimate of drug-likeness (QED) is 0.329. The number of hydrogen-bond donors (Lipinski definition) is 0. The molecule has 0 amide bonds. The summed E-state index contributed by atoms with van der Waals surface area (Å²) in [5.41, 5.74) is 0. The molecule has 4 heteroatoms. The molecule has 0 unspecified atom stereocenters. The Bertz CT molecular complexity index is 8.00. The van der Waals surface area contributed by atoms with Crippen molar-refractivity contribution in [2.24, 2.45) is 0 Å². The van der Waals surface area contributed by atoms with Gasteiger partial charge in [0.05, 0.1) is 0 Å². The Morgan fingerprint density at radius 1 is 1.25 bits per heavy atom. The van der Waals surface area contributed by atoms with Gasteiger partial charge in [0.15, 0.2) is 0 Å². The Morgan fingerprint density at radius 2 is 1.25 bits per heavy atom. The van der Waals surface area contributed by atoms with Gasteiger partial charge in [-0.3, -0.25) is 4.57 Å². The maximum absolute atomic E-state index is 8.06. The maximum Gasteiger partial charge on any atom is 0 e. The summed E-state index contributed by atoms with van der Waals surface area (Å²) in [5.74, 6) is 0. The molecule has 0 N–H and O–H groups in total. The summed E-state index contributed by atoms with van der Waals surface area (Å²) in [5, 5.41) is 0. The SMILES string of the molecule is O=P.[NaH].[Ni]. The van der Waals surface area contributed by atoms with E-state index < -0.39 is 0 Å². The molecule has 0 atom stereocenters. The van der Waals surface area contributed by atoms with Crippen molar-refractivity contribution in [2.45, 2.75) is 0 Å². The van der Waals surface area contributed by atoms with Crippen molar-refractivity contribution in [1.82, 2.24) is 0 Å². The van der Waals surface area contributed by atoms with Crippen LogP contribution in [0.25, 0.3) is 0 Å². The first-order valence-corrected chi connectivity index (χ1v) is 0.612. The summed E-state index contributed by atoms with van der Waals surface area (Å²) in [6.45, 7) is 0. The molecule has 0 radical (unpaired) electrons. The van der Waals surface area contributed by atoms with E-state index in [-0.39, 0.29) is 46.0 Å². The van der Waals surface area contributed by atoms with Gasteiger partial charge in [-0.15, -0.1) is 0 Å². The van der Waals surface area contributed by atoms with Crippen molar-refractivity contribution in [3.8, 4) is 0 Å². The third-order valence-electron chi connectivity index (χ3n) is 0. The minimum Gasteiger partial charge on any atom is 0 e. The van der Waals surface area contributed by atoms with E-state index in [2.05, 4.69) is 0 Å². The molecule has 0 saturated heterocycles. The van der Waals surface area contributed by atoms with Gasteiger partial charge in [-0.05, 0) is 0 Å². The standard InChI is InChI=1S/Na.Ni.HOP.H/c;;1-2;/h;;2H;. The van der Waals surface area contributed by atoms with Crippen LogP contribution in [0.5, 0.6) is 0 Å². The van der Waals surface area contributed by atoms with E-state index >= 15 is 0 Å². The van der Waals surface area contributed by atoms with E-state index in [0.29, 0.717) is 0 Å². The predicted octanol–water partition coefficient (Wildman–Crippen LogP) is -0.176. The molecule has 0 aliphatic carbocycles. The Labute approximate surface area is 59.4 Å². The largest absolute Gasteiger partial charge is 0 e. The molecule has 0 aromatic rings. The second kappa shape index (κ2) is 23.4. The molecule has 0 saturated carbocycles. The fourth-order valence-corrected chi connectivity index (χ4v) is 0. The van der Waals surface area contributed by atoms with Crippen molar-refractivity contribution in [1.29, 1.82) is 0 Å².